The molecule has 2 aromatic heterocycles. The van der Waals surface area contributed by atoms with Gasteiger partial charge < -0.3 is 24.8 Å². The molecular weight excluding hydrogens is 397 g/mol. The normalized spacial score (nSPS) is 24.3. The number of hydrogen-bond donors (Lipinski definition) is 2. The molecule has 0 radical (unpaired) electrons. The highest BCUT2D eigenvalue weighted by Gasteiger charge is 2.37. The summed E-state index contributed by atoms with van der Waals surface area (Å²) in [5.41, 5.74) is 2.73. The standard InChI is InChI=1S/C23H24FN5O2/c1-28-3-2-13-4-15(9-25-22(13)28)23(30)27-18-5-14-6-19(24)20(8-21(14)31-12-18)29-10-16-7-17(11-29)26-16/h2-4,6,8-9,16-18,26H,5,7,10-12H2,1H3,(H,27,30)/t16?,17?,18-/m1/s1. The van der Waals surface area contributed by atoms with E-state index in [-0.39, 0.29) is 17.8 Å². The maximum Gasteiger partial charge on any atom is 0.253 e. The van der Waals surface area contributed by atoms with Crippen molar-refractivity contribution in [2.75, 3.05) is 24.6 Å². The van der Waals surface area contributed by atoms with Crippen LogP contribution in [0, 0.1) is 5.82 Å². The van der Waals surface area contributed by atoms with Crippen molar-refractivity contribution in [3.05, 3.63) is 53.6 Å². The molecule has 2 bridgehead atoms. The van der Waals surface area contributed by atoms with Gasteiger partial charge in [0.1, 0.15) is 23.8 Å². The molecule has 0 spiro atoms. The van der Waals surface area contributed by atoms with Gasteiger partial charge in [-0.05, 0) is 36.6 Å². The van der Waals surface area contributed by atoms with Crippen molar-refractivity contribution in [3.8, 4) is 5.75 Å². The highest BCUT2D eigenvalue weighted by Crippen LogP contribution is 2.35. The van der Waals surface area contributed by atoms with E-state index in [0.29, 0.717) is 42.1 Å². The smallest absolute Gasteiger partial charge is 0.253 e. The number of pyridine rings is 1. The molecule has 1 aromatic carbocycles. The molecular formula is C23H24FN5O2. The Hall–Kier alpha value is -3.13. The van der Waals surface area contributed by atoms with Crippen LogP contribution in [0.25, 0.3) is 11.0 Å². The average Bonchev–Trinajstić information content (AvgIpc) is 3.13. The fourth-order valence-electron chi connectivity index (χ4n) is 4.99. The molecule has 3 fully saturated rings. The van der Waals surface area contributed by atoms with Gasteiger partial charge in [0.2, 0.25) is 0 Å². The summed E-state index contributed by atoms with van der Waals surface area (Å²) in [5, 5.41) is 7.39. The monoisotopic (exact) mass is 421 g/mol. The molecule has 1 amide bonds. The van der Waals surface area contributed by atoms with Crippen LogP contribution in [0.3, 0.4) is 0 Å². The van der Waals surface area contributed by atoms with Gasteiger partial charge in [-0.15, -0.1) is 0 Å². The number of ether oxygens (including phenoxy) is 1. The molecule has 2 unspecified atom stereocenters. The zero-order chi connectivity index (χ0) is 21.1. The molecule has 4 aliphatic heterocycles. The first kappa shape index (κ1) is 18.6. The lowest BCUT2D eigenvalue weighted by Gasteiger charge is -2.49. The number of hydrogen-bond acceptors (Lipinski definition) is 5. The van der Waals surface area contributed by atoms with Crippen molar-refractivity contribution in [3.63, 3.8) is 0 Å². The first-order valence-electron chi connectivity index (χ1n) is 10.7. The van der Waals surface area contributed by atoms with Crippen LogP contribution in [0.5, 0.6) is 5.75 Å². The number of fused-ring (bicyclic) bond motifs is 4. The minimum absolute atomic E-state index is 0.201. The molecule has 3 atom stereocenters. The van der Waals surface area contributed by atoms with Crippen molar-refractivity contribution >= 4 is 22.6 Å². The molecule has 7 nitrogen and oxygen atoms in total. The Bertz CT molecular complexity index is 1180. The maximum atomic E-state index is 14.9. The van der Waals surface area contributed by atoms with Gasteiger partial charge in [-0.3, -0.25) is 4.79 Å². The van der Waals surface area contributed by atoms with E-state index in [1.165, 1.54) is 6.42 Å². The highest BCUT2D eigenvalue weighted by atomic mass is 19.1. The number of amides is 1. The van der Waals surface area contributed by atoms with Gasteiger partial charge in [0, 0.05) is 56.1 Å². The molecule has 4 aliphatic rings. The number of anilines is 1. The van der Waals surface area contributed by atoms with Crippen molar-refractivity contribution < 1.29 is 13.9 Å². The quantitative estimate of drug-likeness (QED) is 0.677. The Balaban J connectivity index is 1.17. The zero-order valence-corrected chi connectivity index (χ0v) is 17.3. The molecule has 3 aromatic rings. The first-order valence-corrected chi connectivity index (χ1v) is 10.7. The molecule has 7 rings (SSSR count). The van der Waals surface area contributed by atoms with Gasteiger partial charge in [0.25, 0.3) is 5.91 Å². The number of piperazine rings is 1. The predicted molar refractivity (Wildman–Crippen MR) is 115 cm³/mol. The Morgan fingerprint density at radius 2 is 2.10 bits per heavy atom. The molecule has 8 heteroatoms. The second-order valence-electron chi connectivity index (χ2n) is 8.86. The fourth-order valence-corrected chi connectivity index (χ4v) is 4.99. The molecule has 0 saturated carbocycles. The van der Waals surface area contributed by atoms with E-state index in [1.807, 2.05) is 36.0 Å². The van der Waals surface area contributed by atoms with Gasteiger partial charge in [0.05, 0.1) is 17.3 Å². The minimum atomic E-state index is -0.227. The lowest BCUT2D eigenvalue weighted by atomic mass is 9.90. The summed E-state index contributed by atoms with van der Waals surface area (Å²) in [6, 6.07) is 7.84. The van der Waals surface area contributed by atoms with E-state index in [0.717, 1.165) is 29.7 Å². The number of nitrogens with zero attached hydrogens (tertiary/aromatic N) is 3. The van der Waals surface area contributed by atoms with Crippen LogP contribution in [0.4, 0.5) is 10.1 Å². The molecule has 0 aliphatic carbocycles. The second kappa shape index (κ2) is 6.95. The third kappa shape index (κ3) is 3.22. The highest BCUT2D eigenvalue weighted by molar-refractivity contribution is 5.97. The number of carbonyl (C=O) groups excluding carboxylic acids is 1. The number of carbonyl (C=O) groups is 1. The first-order chi connectivity index (χ1) is 15.0. The molecule has 3 saturated heterocycles. The topological polar surface area (TPSA) is 71.4 Å². The van der Waals surface area contributed by atoms with Crippen LogP contribution < -0.4 is 20.3 Å². The van der Waals surface area contributed by atoms with Crippen molar-refractivity contribution in [1.29, 1.82) is 0 Å². The van der Waals surface area contributed by atoms with E-state index in [1.54, 1.807) is 12.3 Å². The molecule has 31 heavy (non-hydrogen) atoms. The molecule has 2 N–H and O–H groups in total. The maximum absolute atomic E-state index is 14.9. The Morgan fingerprint density at radius 1 is 1.29 bits per heavy atom. The van der Waals surface area contributed by atoms with E-state index in [4.69, 9.17) is 4.74 Å². The lowest BCUT2D eigenvalue weighted by Crippen LogP contribution is -2.67. The van der Waals surface area contributed by atoms with Gasteiger partial charge in [-0.25, -0.2) is 9.37 Å². The van der Waals surface area contributed by atoms with Crippen LogP contribution in [0.15, 0.2) is 36.7 Å². The number of nitrogens with one attached hydrogen (secondary N) is 2. The third-order valence-electron chi connectivity index (χ3n) is 6.60. The lowest BCUT2D eigenvalue weighted by molar-refractivity contribution is 0.0915. The van der Waals surface area contributed by atoms with Crippen molar-refractivity contribution in [2.24, 2.45) is 7.05 Å². The van der Waals surface area contributed by atoms with Crippen LogP contribution in [-0.4, -0.2) is 53.3 Å². The largest absolute Gasteiger partial charge is 0.491 e. The zero-order valence-electron chi connectivity index (χ0n) is 17.3. The SMILES string of the molecule is Cn1ccc2cc(C(=O)N[C@H]3COc4cc(N5CC6CC(C5)N6)c(F)cc4C3)cnc21. The van der Waals surface area contributed by atoms with Gasteiger partial charge in [-0.1, -0.05) is 0 Å². The average molecular weight is 421 g/mol. The van der Waals surface area contributed by atoms with E-state index >= 15 is 0 Å². The summed E-state index contributed by atoms with van der Waals surface area (Å²) < 4.78 is 22.7. The van der Waals surface area contributed by atoms with Gasteiger partial charge >= 0.3 is 0 Å². The van der Waals surface area contributed by atoms with Crippen LogP contribution in [0.2, 0.25) is 0 Å². The third-order valence-corrected chi connectivity index (χ3v) is 6.60. The Labute approximate surface area is 179 Å². The second-order valence-corrected chi connectivity index (χ2v) is 8.86. The molecule has 160 valence electrons. The molecule has 6 heterocycles. The predicted octanol–water partition coefficient (Wildman–Crippen LogP) is 2.00. The van der Waals surface area contributed by atoms with E-state index in [2.05, 4.69) is 20.5 Å². The van der Waals surface area contributed by atoms with Crippen molar-refractivity contribution in [1.82, 2.24) is 20.2 Å². The summed E-state index contributed by atoms with van der Waals surface area (Å²) in [6.07, 6.45) is 5.20. The number of rotatable bonds is 3. The van der Waals surface area contributed by atoms with Crippen molar-refractivity contribution in [2.45, 2.75) is 31.0 Å². The number of halogens is 1. The summed E-state index contributed by atoms with van der Waals surface area (Å²) >= 11 is 0. The van der Waals surface area contributed by atoms with Crippen LogP contribution in [0.1, 0.15) is 22.3 Å². The summed E-state index contributed by atoms with van der Waals surface area (Å²) in [4.78, 5) is 19.2. The number of benzene rings is 1. The van der Waals surface area contributed by atoms with E-state index < -0.39 is 0 Å². The number of piperidine rings is 1. The van der Waals surface area contributed by atoms with E-state index in [9.17, 15) is 9.18 Å². The van der Waals surface area contributed by atoms with Gasteiger partial charge in [-0.2, -0.15) is 0 Å². The Kier molecular flexibility index (Phi) is 4.17. The number of aromatic nitrogens is 2. The van der Waals surface area contributed by atoms with Crippen LogP contribution >= 0.6 is 0 Å². The van der Waals surface area contributed by atoms with Crippen LogP contribution in [-0.2, 0) is 13.5 Å². The fraction of sp³-hybridized carbons (Fsp3) is 0.391. The minimum Gasteiger partial charge on any atom is -0.491 e. The summed E-state index contributed by atoms with van der Waals surface area (Å²) in [6.45, 7) is 2.01. The Morgan fingerprint density at radius 3 is 2.90 bits per heavy atom. The number of aryl methyl sites for hydroxylation is 1. The summed E-state index contributed by atoms with van der Waals surface area (Å²) in [5.74, 6) is 0.281. The van der Waals surface area contributed by atoms with Gasteiger partial charge in [0.15, 0.2) is 0 Å². The summed E-state index contributed by atoms with van der Waals surface area (Å²) in [7, 11) is 1.92.